The van der Waals surface area contributed by atoms with Gasteiger partial charge in [-0.15, -0.1) is 0 Å². The van der Waals surface area contributed by atoms with Gasteiger partial charge in [0.2, 0.25) is 10.0 Å². The molecule has 3 rings (SSSR count). The molecule has 0 spiro atoms. The van der Waals surface area contributed by atoms with Crippen LogP contribution in [0.3, 0.4) is 0 Å². The van der Waals surface area contributed by atoms with Crippen LogP contribution in [0, 0.1) is 5.92 Å². The molecular formula is C15H25N3O2S. The summed E-state index contributed by atoms with van der Waals surface area (Å²) in [5.41, 5.74) is 0.934. The van der Waals surface area contributed by atoms with Crippen molar-refractivity contribution in [3.8, 4) is 0 Å². The Balaban J connectivity index is 1.70. The van der Waals surface area contributed by atoms with Crippen molar-refractivity contribution >= 4 is 10.0 Å². The van der Waals surface area contributed by atoms with Crippen molar-refractivity contribution in [1.82, 2.24) is 14.6 Å². The topological polar surface area (TPSA) is 65.2 Å². The number of nitrogens with zero attached hydrogens (tertiary/aromatic N) is 1. The van der Waals surface area contributed by atoms with Gasteiger partial charge in [0.25, 0.3) is 0 Å². The first-order valence-corrected chi connectivity index (χ1v) is 9.45. The average molecular weight is 311 g/mol. The standard InChI is InChI=1S/C15H25N3O2S/c1-2-7-16-9-13-8-15(10-17-13)21(19,20)18(14-5-6-14)11-12-3-4-12/h8,10,12,14,16-17H,2-7,9,11H2,1H3. The number of nitrogens with one attached hydrogen (secondary N) is 2. The summed E-state index contributed by atoms with van der Waals surface area (Å²) in [6.45, 7) is 4.46. The molecular weight excluding hydrogens is 286 g/mol. The minimum atomic E-state index is -3.33. The quantitative estimate of drug-likeness (QED) is 0.686. The summed E-state index contributed by atoms with van der Waals surface area (Å²) in [6, 6.07) is 2.02. The fraction of sp³-hybridized carbons (Fsp3) is 0.733. The van der Waals surface area contributed by atoms with Crippen LogP contribution in [-0.4, -0.2) is 36.8 Å². The summed E-state index contributed by atoms with van der Waals surface area (Å²) in [4.78, 5) is 3.51. The molecule has 2 N–H and O–H groups in total. The second-order valence-electron chi connectivity index (χ2n) is 6.29. The van der Waals surface area contributed by atoms with E-state index in [2.05, 4.69) is 17.2 Å². The molecule has 1 heterocycles. The van der Waals surface area contributed by atoms with E-state index >= 15 is 0 Å². The molecule has 118 valence electrons. The van der Waals surface area contributed by atoms with Crippen LogP contribution in [0.2, 0.25) is 0 Å². The molecule has 0 aromatic carbocycles. The summed E-state index contributed by atoms with van der Waals surface area (Å²) in [6.07, 6.45) is 7.10. The Labute approximate surface area is 127 Å². The van der Waals surface area contributed by atoms with E-state index in [1.807, 2.05) is 0 Å². The lowest BCUT2D eigenvalue weighted by Crippen LogP contribution is -2.34. The van der Waals surface area contributed by atoms with Crippen LogP contribution in [0.15, 0.2) is 17.2 Å². The van der Waals surface area contributed by atoms with Gasteiger partial charge in [-0.2, -0.15) is 4.31 Å². The predicted molar refractivity (Wildman–Crippen MR) is 82.4 cm³/mol. The summed E-state index contributed by atoms with van der Waals surface area (Å²) >= 11 is 0. The highest BCUT2D eigenvalue weighted by atomic mass is 32.2. The number of hydrogen-bond acceptors (Lipinski definition) is 3. The molecule has 0 unspecified atom stereocenters. The van der Waals surface area contributed by atoms with Crippen molar-refractivity contribution in [2.24, 2.45) is 5.92 Å². The number of aromatic amines is 1. The lowest BCUT2D eigenvalue weighted by molar-refractivity contribution is 0.389. The second-order valence-corrected chi connectivity index (χ2v) is 8.18. The minimum Gasteiger partial charge on any atom is -0.363 e. The molecule has 6 heteroatoms. The predicted octanol–water partition coefficient (Wildman–Crippen LogP) is 2.08. The molecule has 0 aliphatic heterocycles. The van der Waals surface area contributed by atoms with E-state index in [9.17, 15) is 8.42 Å². The molecule has 2 fully saturated rings. The molecule has 0 bridgehead atoms. The molecule has 0 radical (unpaired) electrons. The van der Waals surface area contributed by atoms with Crippen molar-refractivity contribution < 1.29 is 8.42 Å². The van der Waals surface area contributed by atoms with Gasteiger partial charge >= 0.3 is 0 Å². The first-order chi connectivity index (χ1) is 10.1. The maximum atomic E-state index is 12.8. The van der Waals surface area contributed by atoms with Crippen LogP contribution in [0.1, 0.15) is 44.7 Å². The zero-order valence-corrected chi connectivity index (χ0v) is 13.5. The molecule has 2 aliphatic carbocycles. The second kappa shape index (κ2) is 6.10. The van der Waals surface area contributed by atoms with Gasteiger partial charge in [-0.1, -0.05) is 6.92 Å². The SMILES string of the molecule is CCCNCc1cc(S(=O)(=O)N(CC2CC2)C2CC2)c[nH]1. The average Bonchev–Trinajstić information content (AvgIpc) is 3.36. The highest BCUT2D eigenvalue weighted by Crippen LogP contribution is 2.38. The third-order valence-electron chi connectivity index (χ3n) is 4.15. The largest absolute Gasteiger partial charge is 0.363 e. The van der Waals surface area contributed by atoms with Crippen LogP contribution in [0.25, 0.3) is 0 Å². The van der Waals surface area contributed by atoms with Crippen molar-refractivity contribution in [2.45, 2.75) is 56.5 Å². The lowest BCUT2D eigenvalue weighted by atomic mass is 10.4. The molecule has 1 aromatic heterocycles. The van der Waals surface area contributed by atoms with E-state index in [1.54, 1.807) is 16.6 Å². The zero-order valence-electron chi connectivity index (χ0n) is 12.6. The Kier molecular flexibility index (Phi) is 4.38. The van der Waals surface area contributed by atoms with Crippen LogP contribution in [0.5, 0.6) is 0 Å². The Bertz CT molecular complexity index is 573. The normalized spacial score (nSPS) is 19.3. The number of hydrogen-bond donors (Lipinski definition) is 2. The van der Waals surface area contributed by atoms with Gasteiger partial charge < -0.3 is 10.3 Å². The summed E-state index contributed by atoms with van der Waals surface area (Å²) in [5.74, 6) is 0.588. The van der Waals surface area contributed by atoms with E-state index in [1.165, 1.54) is 12.8 Å². The molecule has 2 aliphatic rings. The zero-order chi connectivity index (χ0) is 14.9. The van der Waals surface area contributed by atoms with E-state index in [0.717, 1.165) is 31.5 Å². The fourth-order valence-electron chi connectivity index (χ4n) is 2.57. The van der Waals surface area contributed by atoms with E-state index in [0.29, 0.717) is 23.9 Å². The highest BCUT2D eigenvalue weighted by molar-refractivity contribution is 7.89. The van der Waals surface area contributed by atoms with Crippen molar-refractivity contribution in [1.29, 1.82) is 0 Å². The number of rotatable bonds is 9. The monoisotopic (exact) mass is 311 g/mol. The Morgan fingerprint density at radius 3 is 2.71 bits per heavy atom. The first-order valence-electron chi connectivity index (χ1n) is 8.01. The van der Waals surface area contributed by atoms with Crippen LogP contribution in [-0.2, 0) is 16.6 Å². The van der Waals surface area contributed by atoms with Crippen molar-refractivity contribution in [3.05, 3.63) is 18.0 Å². The molecule has 2 saturated carbocycles. The Hall–Kier alpha value is -0.850. The van der Waals surface area contributed by atoms with Crippen LogP contribution < -0.4 is 5.32 Å². The minimum absolute atomic E-state index is 0.243. The summed E-state index contributed by atoms with van der Waals surface area (Å²) < 4.78 is 27.4. The fourth-order valence-corrected chi connectivity index (χ4v) is 4.35. The Morgan fingerprint density at radius 1 is 1.33 bits per heavy atom. The molecule has 5 nitrogen and oxygen atoms in total. The van der Waals surface area contributed by atoms with Gasteiger partial charge in [0.15, 0.2) is 0 Å². The van der Waals surface area contributed by atoms with E-state index in [-0.39, 0.29) is 6.04 Å². The molecule has 1 aromatic rings. The van der Waals surface area contributed by atoms with Gasteiger partial charge in [0.1, 0.15) is 0 Å². The third kappa shape index (κ3) is 3.67. The summed E-state index contributed by atoms with van der Waals surface area (Å²) in [5, 5.41) is 3.28. The van der Waals surface area contributed by atoms with E-state index in [4.69, 9.17) is 0 Å². The van der Waals surface area contributed by atoms with Gasteiger partial charge in [0.05, 0.1) is 4.90 Å². The van der Waals surface area contributed by atoms with Crippen LogP contribution >= 0.6 is 0 Å². The van der Waals surface area contributed by atoms with Gasteiger partial charge in [-0.25, -0.2) is 8.42 Å². The number of H-pyrrole nitrogens is 1. The third-order valence-corrected chi connectivity index (χ3v) is 6.05. The van der Waals surface area contributed by atoms with Crippen molar-refractivity contribution in [3.63, 3.8) is 0 Å². The lowest BCUT2D eigenvalue weighted by Gasteiger charge is -2.20. The Morgan fingerprint density at radius 2 is 2.10 bits per heavy atom. The van der Waals surface area contributed by atoms with Crippen molar-refractivity contribution in [2.75, 3.05) is 13.1 Å². The molecule has 0 saturated heterocycles. The molecule has 0 atom stereocenters. The van der Waals surface area contributed by atoms with Gasteiger partial charge in [0, 0.05) is 31.0 Å². The molecule has 0 amide bonds. The van der Waals surface area contributed by atoms with Gasteiger partial charge in [-0.05, 0) is 50.6 Å². The molecule has 21 heavy (non-hydrogen) atoms. The van der Waals surface area contributed by atoms with Gasteiger partial charge in [-0.3, -0.25) is 0 Å². The highest BCUT2D eigenvalue weighted by Gasteiger charge is 2.41. The maximum Gasteiger partial charge on any atom is 0.244 e. The first kappa shape index (κ1) is 15.1. The summed E-state index contributed by atoms with van der Waals surface area (Å²) in [7, 11) is -3.33. The smallest absolute Gasteiger partial charge is 0.244 e. The van der Waals surface area contributed by atoms with Crippen LogP contribution in [0.4, 0.5) is 0 Å². The maximum absolute atomic E-state index is 12.8. The number of aromatic nitrogens is 1. The van der Waals surface area contributed by atoms with E-state index < -0.39 is 10.0 Å². The number of sulfonamides is 1.